The van der Waals surface area contributed by atoms with E-state index in [0.29, 0.717) is 11.3 Å². The van der Waals surface area contributed by atoms with Gasteiger partial charge in [0.05, 0.1) is 19.3 Å². The zero-order valence-corrected chi connectivity index (χ0v) is 11.6. The van der Waals surface area contributed by atoms with Crippen molar-refractivity contribution in [1.82, 2.24) is 0 Å². The lowest BCUT2D eigenvalue weighted by Crippen LogP contribution is -2.35. The Bertz CT molecular complexity index is 578. The topological polar surface area (TPSA) is 88.1 Å². The van der Waals surface area contributed by atoms with Crippen LogP contribution in [0.15, 0.2) is 12.1 Å². The van der Waals surface area contributed by atoms with Crippen LogP contribution in [0.25, 0.3) is 0 Å². The van der Waals surface area contributed by atoms with E-state index in [-0.39, 0.29) is 18.8 Å². The second-order valence-corrected chi connectivity index (χ2v) is 4.58. The van der Waals surface area contributed by atoms with Crippen LogP contribution in [0.5, 0.6) is 0 Å². The van der Waals surface area contributed by atoms with E-state index >= 15 is 0 Å². The Morgan fingerprint density at radius 3 is 3.00 bits per heavy atom. The molecular formula is C13H15FN2O5. The smallest absolute Gasteiger partial charge is 0.412 e. The van der Waals surface area contributed by atoms with Crippen molar-refractivity contribution in [2.24, 2.45) is 0 Å². The fraction of sp³-hybridized carbons (Fsp3) is 0.385. The number of fused-ring (bicyclic) bond motifs is 1. The van der Waals surface area contributed by atoms with Gasteiger partial charge < -0.3 is 19.5 Å². The van der Waals surface area contributed by atoms with E-state index in [1.54, 1.807) is 13.1 Å². The van der Waals surface area contributed by atoms with Gasteiger partial charge in [-0.05, 0) is 12.1 Å². The van der Waals surface area contributed by atoms with Crippen LogP contribution in [0.3, 0.4) is 0 Å². The number of amides is 1. The molecule has 1 aliphatic heterocycles. The second-order valence-electron chi connectivity index (χ2n) is 4.58. The molecule has 0 spiro atoms. The number of aliphatic hydroxyl groups excluding tert-OH is 1. The van der Waals surface area contributed by atoms with Gasteiger partial charge in [-0.3, -0.25) is 5.32 Å². The van der Waals surface area contributed by atoms with Gasteiger partial charge in [0.1, 0.15) is 12.4 Å². The number of ether oxygens (including phenoxy) is 2. The Kier molecular flexibility index (Phi) is 4.27. The summed E-state index contributed by atoms with van der Waals surface area (Å²) in [6, 6.07) is 2.82. The molecule has 1 atom stereocenters. The summed E-state index contributed by atoms with van der Waals surface area (Å²) >= 11 is 0. The first-order valence-electron chi connectivity index (χ1n) is 6.15. The van der Waals surface area contributed by atoms with Gasteiger partial charge in [0.25, 0.3) is 0 Å². The Hall–Kier alpha value is -2.35. The van der Waals surface area contributed by atoms with E-state index in [4.69, 9.17) is 4.74 Å². The van der Waals surface area contributed by atoms with E-state index in [1.807, 2.05) is 0 Å². The number of carbonyl (C=O) groups is 2. The number of nitrogens with zero attached hydrogens (tertiary/aromatic N) is 1. The molecule has 0 saturated heterocycles. The number of esters is 1. The minimum Gasteiger partial charge on any atom is -0.467 e. The molecule has 0 unspecified atom stereocenters. The molecule has 0 bridgehead atoms. The molecule has 114 valence electrons. The molecule has 0 radical (unpaired) electrons. The summed E-state index contributed by atoms with van der Waals surface area (Å²) in [5, 5.41) is 11.9. The van der Waals surface area contributed by atoms with Crippen LogP contribution in [0, 0.1) is 5.82 Å². The van der Waals surface area contributed by atoms with Crippen molar-refractivity contribution in [2.45, 2.75) is 12.7 Å². The number of carbonyl (C=O) groups excluding carboxylic acids is 2. The molecule has 2 N–H and O–H groups in total. The summed E-state index contributed by atoms with van der Waals surface area (Å²) in [7, 11) is 2.76. The lowest BCUT2D eigenvalue weighted by atomic mass is 10.1. The molecule has 1 amide bonds. The SMILES string of the molecule is COC(=O)[C@H](O)CN(C)c1cc(F)c2c(c1)COC(=O)N2. The minimum atomic E-state index is -1.34. The zero-order valence-electron chi connectivity index (χ0n) is 11.6. The fourth-order valence-electron chi connectivity index (χ4n) is 1.98. The number of likely N-dealkylation sites (N-methyl/N-ethyl adjacent to an activating group) is 1. The lowest BCUT2D eigenvalue weighted by Gasteiger charge is -2.25. The molecule has 1 aromatic carbocycles. The van der Waals surface area contributed by atoms with Crippen LogP contribution < -0.4 is 10.2 Å². The molecular weight excluding hydrogens is 283 g/mol. The fourth-order valence-corrected chi connectivity index (χ4v) is 1.98. The molecule has 2 rings (SSSR count). The molecule has 0 aliphatic carbocycles. The third-order valence-corrected chi connectivity index (χ3v) is 3.10. The monoisotopic (exact) mass is 298 g/mol. The highest BCUT2D eigenvalue weighted by Gasteiger charge is 2.23. The summed E-state index contributed by atoms with van der Waals surface area (Å²) in [6.45, 7) is -0.0998. The van der Waals surface area contributed by atoms with Gasteiger partial charge in [0, 0.05) is 18.3 Å². The third-order valence-electron chi connectivity index (χ3n) is 3.10. The first kappa shape index (κ1) is 15.0. The summed E-state index contributed by atoms with van der Waals surface area (Å²) in [5.41, 5.74) is 0.995. The maximum absolute atomic E-state index is 14.0. The van der Waals surface area contributed by atoms with Crippen molar-refractivity contribution in [3.63, 3.8) is 0 Å². The molecule has 1 aromatic rings. The molecule has 8 heteroatoms. The number of anilines is 2. The Labute approximate surface area is 120 Å². The van der Waals surface area contributed by atoms with Crippen molar-refractivity contribution in [1.29, 1.82) is 0 Å². The highest BCUT2D eigenvalue weighted by Crippen LogP contribution is 2.29. The maximum atomic E-state index is 14.0. The number of halogens is 1. The van der Waals surface area contributed by atoms with Crippen LogP contribution in [0.1, 0.15) is 5.56 Å². The number of benzene rings is 1. The number of nitrogens with one attached hydrogen (secondary N) is 1. The normalized spacial score (nSPS) is 14.6. The van der Waals surface area contributed by atoms with E-state index in [2.05, 4.69) is 10.1 Å². The van der Waals surface area contributed by atoms with Gasteiger partial charge in [-0.1, -0.05) is 0 Å². The van der Waals surface area contributed by atoms with Crippen LogP contribution in [-0.4, -0.2) is 44.0 Å². The van der Waals surface area contributed by atoms with Gasteiger partial charge in [-0.2, -0.15) is 0 Å². The van der Waals surface area contributed by atoms with Crippen LogP contribution in [0.4, 0.5) is 20.6 Å². The molecule has 1 heterocycles. The predicted octanol–water partition coefficient (Wildman–Crippen LogP) is 0.858. The Morgan fingerprint density at radius 2 is 2.33 bits per heavy atom. The standard InChI is InChI=1S/C13H15FN2O5/c1-16(5-10(17)12(18)20-2)8-3-7-6-21-13(19)15-11(7)9(14)4-8/h3-4,10,17H,5-6H2,1-2H3,(H,15,19)/t10-/m1/s1. The summed E-state index contributed by atoms with van der Waals surface area (Å²) < 4.78 is 23.2. The van der Waals surface area contributed by atoms with Crippen LogP contribution in [-0.2, 0) is 20.9 Å². The van der Waals surface area contributed by atoms with E-state index in [0.717, 1.165) is 0 Å². The highest BCUT2D eigenvalue weighted by molar-refractivity contribution is 5.88. The van der Waals surface area contributed by atoms with Gasteiger partial charge in [0.15, 0.2) is 6.10 Å². The van der Waals surface area contributed by atoms with E-state index in [1.165, 1.54) is 18.1 Å². The summed E-state index contributed by atoms with van der Waals surface area (Å²) in [4.78, 5) is 23.7. The quantitative estimate of drug-likeness (QED) is 0.802. The first-order valence-corrected chi connectivity index (χ1v) is 6.15. The zero-order chi connectivity index (χ0) is 15.6. The van der Waals surface area contributed by atoms with Crippen LogP contribution in [0.2, 0.25) is 0 Å². The van der Waals surface area contributed by atoms with Gasteiger partial charge >= 0.3 is 12.1 Å². The van der Waals surface area contributed by atoms with Crippen LogP contribution >= 0.6 is 0 Å². The summed E-state index contributed by atoms with van der Waals surface area (Å²) in [6.07, 6.45) is -2.04. The Balaban J connectivity index is 2.19. The second kappa shape index (κ2) is 5.96. The summed E-state index contributed by atoms with van der Waals surface area (Å²) in [5.74, 6) is -1.38. The van der Waals surface area contributed by atoms with Crippen molar-refractivity contribution < 1.29 is 28.6 Å². The highest BCUT2D eigenvalue weighted by atomic mass is 19.1. The van der Waals surface area contributed by atoms with Crippen molar-refractivity contribution in [3.8, 4) is 0 Å². The molecule has 7 nitrogen and oxygen atoms in total. The number of methoxy groups -OCH3 is 1. The predicted molar refractivity (Wildman–Crippen MR) is 71.5 cm³/mol. The number of rotatable bonds is 4. The number of hydrogen-bond acceptors (Lipinski definition) is 6. The molecule has 1 aliphatic rings. The molecule has 0 fully saturated rings. The van der Waals surface area contributed by atoms with Crippen molar-refractivity contribution in [2.75, 3.05) is 30.9 Å². The largest absolute Gasteiger partial charge is 0.467 e. The lowest BCUT2D eigenvalue weighted by molar-refractivity contribution is -0.149. The molecule has 0 saturated carbocycles. The number of aliphatic hydroxyl groups is 1. The minimum absolute atomic E-state index is 0.0423. The Morgan fingerprint density at radius 1 is 1.62 bits per heavy atom. The average molecular weight is 298 g/mol. The average Bonchev–Trinajstić information content (AvgIpc) is 2.46. The maximum Gasteiger partial charge on any atom is 0.412 e. The molecule has 0 aromatic heterocycles. The van der Waals surface area contributed by atoms with E-state index in [9.17, 15) is 19.1 Å². The van der Waals surface area contributed by atoms with Gasteiger partial charge in [0.2, 0.25) is 0 Å². The number of cyclic esters (lactones) is 1. The van der Waals surface area contributed by atoms with Crippen molar-refractivity contribution >= 4 is 23.4 Å². The van der Waals surface area contributed by atoms with Gasteiger partial charge in [-0.25, -0.2) is 14.0 Å². The third kappa shape index (κ3) is 3.22. The number of hydrogen-bond donors (Lipinski definition) is 2. The van der Waals surface area contributed by atoms with Crippen molar-refractivity contribution in [3.05, 3.63) is 23.5 Å². The first-order chi connectivity index (χ1) is 9.92. The van der Waals surface area contributed by atoms with E-state index < -0.39 is 24.0 Å². The molecule has 21 heavy (non-hydrogen) atoms. The van der Waals surface area contributed by atoms with Gasteiger partial charge in [-0.15, -0.1) is 0 Å².